The van der Waals surface area contributed by atoms with Crippen LogP contribution < -0.4 is 11.1 Å². The number of aliphatic imine (C=N–C) groups is 1. The maximum absolute atomic E-state index is 14.1. The van der Waals surface area contributed by atoms with Crippen molar-refractivity contribution < 1.29 is 18.3 Å². The second-order valence-corrected chi connectivity index (χ2v) is 6.81. The van der Waals surface area contributed by atoms with Crippen LogP contribution in [0.5, 0.6) is 0 Å². The Morgan fingerprint density at radius 1 is 1.30 bits per heavy atom. The van der Waals surface area contributed by atoms with Crippen LogP contribution in [0.2, 0.25) is 0 Å². The molecule has 1 aromatic carbocycles. The van der Waals surface area contributed by atoms with E-state index in [9.17, 15) is 13.6 Å². The minimum absolute atomic E-state index is 0. The molecule has 0 aliphatic carbocycles. The first-order valence-electron chi connectivity index (χ1n) is 8.55. The number of ether oxygens (including phenoxy) is 1. The summed E-state index contributed by atoms with van der Waals surface area (Å²) in [6.45, 7) is 1.09. The number of unbranched alkanes of at least 4 members (excludes halogenated alkanes) is 1. The van der Waals surface area contributed by atoms with Gasteiger partial charge in [-0.3, -0.25) is 0 Å². The van der Waals surface area contributed by atoms with Crippen molar-refractivity contribution in [1.82, 2.24) is 4.90 Å². The highest BCUT2D eigenvalue weighted by Gasteiger charge is 2.40. The number of hydrogen-bond acceptors (Lipinski definition) is 5. The highest BCUT2D eigenvalue weighted by Crippen LogP contribution is 2.36. The normalized spacial score (nSPS) is 17.4. The van der Waals surface area contributed by atoms with Crippen molar-refractivity contribution in [2.75, 3.05) is 30.9 Å². The van der Waals surface area contributed by atoms with Gasteiger partial charge in [-0.1, -0.05) is 0 Å². The minimum Gasteiger partial charge on any atom is -0.449 e. The summed E-state index contributed by atoms with van der Waals surface area (Å²) in [5.41, 5.74) is 5.03. The van der Waals surface area contributed by atoms with Gasteiger partial charge in [0, 0.05) is 31.8 Å². The number of rotatable bonds is 4. The summed E-state index contributed by atoms with van der Waals surface area (Å²) in [5, 5.41) is 3.00. The molecule has 150 valence electrons. The van der Waals surface area contributed by atoms with Crippen molar-refractivity contribution in [3.63, 3.8) is 0 Å². The molecule has 2 heterocycles. The van der Waals surface area contributed by atoms with E-state index in [1.165, 1.54) is 0 Å². The molecule has 2 aliphatic heterocycles. The topological polar surface area (TPSA) is 80.0 Å². The van der Waals surface area contributed by atoms with E-state index in [0.29, 0.717) is 38.4 Å². The molecule has 0 saturated carbocycles. The Morgan fingerprint density at radius 3 is 2.63 bits per heavy atom. The average molecular weight is 423 g/mol. The van der Waals surface area contributed by atoms with Gasteiger partial charge in [-0.05, 0) is 25.0 Å². The number of nitrogens with one attached hydrogen (secondary N) is 1. The van der Waals surface area contributed by atoms with Gasteiger partial charge in [-0.2, -0.15) is 0 Å². The number of piperidine rings is 1. The number of amides is 1. The van der Waals surface area contributed by atoms with Gasteiger partial charge in [0.2, 0.25) is 0 Å². The highest BCUT2D eigenvalue weighted by molar-refractivity contribution is 6.17. The first-order valence-corrected chi connectivity index (χ1v) is 9.09. The van der Waals surface area contributed by atoms with Crippen LogP contribution in [0.3, 0.4) is 0 Å². The molecule has 1 saturated heterocycles. The quantitative estimate of drug-likeness (QED) is 0.574. The fraction of sp³-hybridized carbons (Fsp3) is 0.529. The Bertz CT molecular complexity index is 725. The van der Waals surface area contributed by atoms with E-state index in [0.717, 1.165) is 25.0 Å². The molecule has 10 heteroatoms. The fourth-order valence-corrected chi connectivity index (χ4v) is 3.40. The third-order valence-corrected chi connectivity index (χ3v) is 4.92. The SMILES string of the molecule is Cl.NC1=NC2(CCN(C(=O)OCCCCCl)CC2)Nc2c(F)ccc(F)c21. The van der Waals surface area contributed by atoms with Gasteiger partial charge < -0.3 is 20.7 Å². The number of likely N-dealkylation sites (tertiary alicyclic amines) is 1. The summed E-state index contributed by atoms with van der Waals surface area (Å²) in [7, 11) is 0. The summed E-state index contributed by atoms with van der Waals surface area (Å²) in [6, 6.07) is 2.08. The van der Waals surface area contributed by atoms with Gasteiger partial charge >= 0.3 is 6.09 Å². The number of halogens is 4. The number of carbonyl (C=O) groups is 1. The lowest BCUT2D eigenvalue weighted by atomic mass is 9.93. The van der Waals surface area contributed by atoms with Gasteiger partial charge in [0.15, 0.2) is 0 Å². The van der Waals surface area contributed by atoms with Crippen LogP contribution in [-0.2, 0) is 4.74 Å². The van der Waals surface area contributed by atoms with Crippen LogP contribution in [0.4, 0.5) is 19.3 Å². The van der Waals surface area contributed by atoms with Crippen LogP contribution >= 0.6 is 24.0 Å². The lowest BCUT2D eigenvalue weighted by Gasteiger charge is -2.42. The van der Waals surface area contributed by atoms with Crippen molar-refractivity contribution in [3.05, 3.63) is 29.3 Å². The number of benzene rings is 1. The summed E-state index contributed by atoms with van der Waals surface area (Å²) < 4.78 is 33.3. The number of hydrogen-bond donors (Lipinski definition) is 2. The van der Waals surface area contributed by atoms with Crippen molar-refractivity contribution in [1.29, 1.82) is 0 Å². The van der Waals surface area contributed by atoms with E-state index in [1.807, 2.05) is 0 Å². The Balaban J connectivity index is 0.00000261. The number of nitrogens with two attached hydrogens (primary N) is 1. The van der Waals surface area contributed by atoms with E-state index in [4.69, 9.17) is 22.1 Å². The Labute approximate surface area is 167 Å². The van der Waals surface area contributed by atoms with Crippen LogP contribution in [-0.4, -0.2) is 48.1 Å². The average Bonchev–Trinajstić information content (AvgIpc) is 2.62. The molecule has 0 radical (unpaired) electrons. The van der Waals surface area contributed by atoms with Crippen LogP contribution in [0.1, 0.15) is 31.2 Å². The van der Waals surface area contributed by atoms with Crippen molar-refractivity contribution in [3.8, 4) is 0 Å². The summed E-state index contributed by atoms with van der Waals surface area (Å²) in [6.07, 6.45) is 1.95. The molecule has 1 fully saturated rings. The molecule has 3 N–H and O–H groups in total. The molecule has 2 aliphatic rings. The van der Waals surface area contributed by atoms with Crippen molar-refractivity contribution in [2.24, 2.45) is 10.7 Å². The lowest BCUT2D eigenvalue weighted by molar-refractivity contribution is 0.0855. The fourth-order valence-electron chi connectivity index (χ4n) is 3.21. The molecule has 1 amide bonds. The van der Waals surface area contributed by atoms with Gasteiger partial charge in [0.1, 0.15) is 23.1 Å². The van der Waals surface area contributed by atoms with E-state index < -0.39 is 17.3 Å². The largest absolute Gasteiger partial charge is 0.449 e. The number of alkyl halides is 1. The van der Waals surface area contributed by atoms with Gasteiger partial charge in [0.05, 0.1) is 17.9 Å². The number of anilines is 1. The Kier molecular flexibility index (Phi) is 7.11. The Morgan fingerprint density at radius 2 is 1.96 bits per heavy atom. The predicted octanol–water partition coefficient (Wildman–Crippen LogP) is 3.47. The van der Waals surface area contributed by atoms with Crippen LogP contribution in [0.25, 0.3) is 0 Å². The van der Waals surface area contributed by atoms with Gasteiger partial charge in [-0.25, -0.2) is 18.6 Å². The first kappa shape index (κ1) is 21.5. The molecule has 0 aromatic heterocycles. The number of fused-ring (bicyclic) bond motifs is 1. The zero-order chi connectivity index (χ0) is 18.7. The third-order valence-electron chi connectivity index (χ3n) is 4.65. The first-order chi connectivity index (χ1) is 12.5. The third kappa shape index (κ3) is 4.55. The molecular formula is C17H22Cl2F2N4O2. The molecule has 0 bridgehead atoms. The number of carbonyl (C=O) groups excluding carboxylic acids is 1. The number of amidine groups is 1. The molecule has 27 heavy (non-hydrogen) atoms. The minimum atomic E-state index is -0.846. The molecule has 3 rings (SSSR count). The molecule has 6 nitrogen and oxygen atoms in total. The van der Waals surface area contributed by atoms with Gasteiger partial charge in [-0.15, -0.1) is 24.0 Å². The maximum atomic E-state index is 14.1. The van der Waals surface area contributed by atoms with E-state index in [1.54, 1.807) is 4.90 Å². The van der Waals surface area contributed by atoms with Crippen LogP contribution in [0.15, 0.2) is 17.1 Å². The molecular weight excluding hydrogens is 401 g/mol. The zero-order valence-electron chi connectivity index (χ0n) is 14.6. The molecule has 0 unspecified atom stereocenters. The van der Waals surface area contributed by atoms with Crippen LogP contribution in [0, 0.1) is 11.6 Å². The summed E-state index contributed by atoms with van der Waals surface area (Å²) in [5.74, 6) is -0.705. The second-order valence-electron chi connectivity index (χ2n) is 6.43. The highest BCUT2D eigenvalue weighted by atomic mass is 35.5. The molecule has 0 atom stereocenters. The van der Waals surface area contributed by atoms with Crippen molar-refractivity contribution in [2.45, 2.75) is 31.3 Å². The van der Waals surface area contributed by atoms with Gasteiger partial charge in [0.25, 0.3) is 0 Å². The summed E-state index contributed by atoms with van der Waals surface area (Å²) in [4.78, 5) is 18.0. The standard InChI is InChI=1S/C17H21ClF2N4O2.ClH/c18-7-1-2-10-26-16(25)24-8-5-17(6-9-24)22-14-12(20)4-3-11(19)13(14)15(21)23-17;/h3-4,22H,1-2,5-10H2,(H2,21,23);1H. The predicted molar refractivity (Wildman–Crippen MR) is 103 cm³/mol. The smallest absolute Gasteiger partial charge is 0.409 e. The van der Waals surface area contributed by atoms with Crippen molar-refractivity contribution >= 4 is 41.6 Å². The second kappa shape index (κ2) is 8.93. The van der Waals surface area contributed by atoms with E-state index in [-0.39, 0.29) is 35.6 Å². The zero-order valence-corrected chi connectivity index (χ0v) is 16.2. The lowest BCUT2D eigenvalue weighted by Crippen LogP contribution is -2.52. The molecule has 1 aromatic rings. The monoisotopic (exact) mass is 422 g/mol. The van der Waals surface area contributed by atoms with E-state index in [2.05, 4.69) is 10.3 Å². The van der Waals surface area contributed by atoms with E-state index >= 15 is 0 Å². The molecule has 1 spiro atoms. The summed E-state index contributed by atoms with van der Waals surface area (Å²) >= 11 is 5.59. The maximum Gasteiger partial charge on any atom is 0.409 e. The number of nitrogens with zero attached hydrogens (tertiary/aromatic N) is 2. The Hall–Kier alpha value is -1.80.